The Morgan fingerprint density at radius 3 is 2.94 bits per heavy atom. The van der Waals surface area contributed by atoms with Crippen molar-refractivity contribution < 1.29 is 5.11 Å². The largest absolute Gasteiger partial charge is 0.396 e. The lowest BCUT2D eigenvalue weighted by atomic mass is 10.0. The maximum Gasteiger partial charge on any atom is 0.0494 e. The molecule has 0 amide bonds. The van der Waals surface area contributed by atoms with E-state index in [0.29, 0.717) is 17.9 Å². The van der Waals surface area contributed by atoms with Crippen molar-refractivity contribution in [1.82, 2.24) is 5.32 Å². The van der Waals surface area contributed by atoms with E-state index in [1.54, 1.807) is 0 Å². The first-order valence-electron chi connectivity index (χ1n) is 6.47. The van der Waals surface area contributed by atoms with E-state index in [1.165, 1.54) is 5.56 Å². The maximum atomic E-state index is 9.09. The van der Waals surface area contributed by atoms with E-state index in [4.69, 9.17) is 5.11 Å². The molecule has 1 aliphatic rings. The molecule has 0 aromatic heterocycles. The molecule has 1 aromatic rings. The second kappa shape index (κ2) is 6.50. The van der Waals surface area contributed by atoms with Crippen molar-refractivity contribution in [3.63, 3.8) is 0 Å². The molecule has 0 spiro atoms. The molecule has 18 heavy (non-hydrogen) atoms. The van der Waals surface area contributed by atoms with Gasteiger partial charge in [-0.3, -0.25) is 0 Å². The fourth-order valence-corrected chi connectivity index (χ4v) is 2.74. The first-order chi connectivity index (χ1) is 8.69. The Kier molecular flexibility index (Phi) is 4.98. The van der Waals surface area contributed by atoms with E-state index in [0.717, 1.165) is 17.4 Å². The molecular weight excluding hydrogens is 290 g/mol. The third-order valence-corrected chi connectivity index (χ3v) is 4.00. The Morgan fingerprint density at radius 1 is 1.44 bits per heavy atom. The first kappa shape index (κ1) is 13.8. The highest BCUT2D eigenvalue weighted by atomic mass is 79.9. The average molecular weight is 310 g/mol. The van der Waals surface area contributed by atoms with Crippen LogP contribution in [-0.2, 0) is 0 Å². The lowest BCUT2D eigenvalue weighted by Gasteiger charge is -2.17. The molecule has 1 aromatic carbocycles. The molecule has 0 saturated carbocycles. The van der Waals surface area contributed by atoms with Gasteiger partial charge in [0.1, 0.15) is 0 Å². The van der Waals surface area contributed by atoms with Gasteiger partial charge in [0.05, 0.1) is 0 Å². The zero-order valence-corrected chi connectivity index (χ0v) is 12.2. The average Bonchev–Trinajstić information content (AvgIpc) is 2.84. The van der Waals surface area contributed by atoms with Gasteiger partial charge in [-0.25, -0.2) is 0 Å². The summed E-state index contributed by atoms with van der Waals surface area (Å²) < 4.78 is 1.13. The Bertz CT molecular complexity index is 419. The molecule has 0 fully saturated rings. The summed E-state index contributed by atoms with van der Waals surface area (Å²) in [7, 11) is 0. The Balaban J connectivity index is 1.82. The summed E-state index contributed by atoms with van der Waals surface area (Å²) >= 11 is 3.51. The Hall–Kier alpha value is -0.640. The number of aliphatic hydroxyl groups excluding tert-OH is 1. The predicted molar refractivity (Wildman–Crippen MR) is 78.7 cm³/mol. The number of benzene rings is 1. The molecule has 0 radical (unpaired) electrons. The SMILES string of the molecule is CC(CN[C@@H]1C=C[C@H](CO)C1)c1cccc(Br)c1. The van der Waals surface area contributed by atoms with Crippen molar-refractivity contribution in [1.29, 1.82) is 0 Å². The van der Waals surface area contributed by atoms with Crippen LogP contribution < -0.4 is 5.32 Å². The topological polar surface area (TPSA) is 32.3 Å². The number of aliphatic hydroxyl groups is 1. The van der Waals surface area contributed by atoms with E-state index in [1.807, 2.05) is 0 Å². The summed E-state index contributed by atoms with van der Waals surface area (Å²) in [5.41, 5.74) is 1.34. The number of nitrogens with one attached hydrogen (secondary N) is 1. The highest BCUT2D eigenvalue weighted by Gasteiger charge is 2.18. The molecule has 98 valence electrons. The van der Waals surface area contributed by atoms with E-state index >= 15 is 0 Å². The lowest BCUT2D eigenvalue weighted by Crippen LogP contribution is -2.30. The van der Waals surface area contributed by atoms with Crippen molar-refractivity contribution >= 4 is 15.9 Å². The van der Waals surface area contributed by atoms with Crippen molar-refractivity contribution in [2.24, 2.45) is 5.92 Å². The molecule has 2 rings (SSSR count). The fraction of sp³-hybridized carbons (Fsp3) is 0.467. The number of hydrogen-bond acceptors (Lipinski definition) is 2. The van der Waals surface area contributed by atoms with Crippen molar-refractivity contribution in [3.8, 4) is 0 Å². The van der Waals surface area contributed by atoms with Crippen LogP contribution in [0.4, 0.5) is 0 Å². The third kappa shape index (κ3) is 3.67. The summed E-state index contributed by atoms with van der Waals surface area (Å²) in [5, 5.41) is 12.6. The molecular formula is C15H20BrNO. The monoisotopic (exact) mass is 309 g/mol. The molecule has 3 heteroatoms. The quantitative estimate of drug-likeness (QED) is 0.819. The van der Waals surface area contributed by atoms with Crippen molar-refractivity contribution in [2.75, 3.05) is 13.2 Å². The van der Waals surface area contributed by atoms with Gasteiger partial charge in [0.25, 0.3) is 0 Å². The van der Waals surface area contributed by atoms with Gasteiger partial charge in [-0.15, -0.1) is 0 Å². The van der Waals surface area contributed by atoms with Gasteiger partial charge in [0.2, 0.25) is 0 Å². The van der Waals surface area contributed by atoms with E-state index < -0.39 is 0 Å². The molecule has 3 atom stereocenters. The van der Waals surface area contributed by atoms with Crippen LogP contribution in [0.5, 0.6) is 0 Å². The fourth-order valence-electron chi connectivity index (χ4n) is 2.32. The first-order valence-corrected chi connectivity index (χ1v) is 7.26. The van der Waals surface area contributed by atoms with Gasteiger partial charge in [-0.05, 0) is 30.0 Å². The van der Waals surface area contributed by atoms with Crippen LogP contribution in [-0.4, -0.2) is 24.3 Å². The highest BCUT2D eigenvalue weighted by molar-refractivity contribution is 9.10. The second-order valence-corrected chi connectivity index (χ2v) is 5.95. The van der Waals surface area contributed by atoms with Crippen LogP contribution in [0.3, 0.4) is 0 Å². The van der Waals surface area contributed by atoms with Crippen LogP contribution in [0.1, 0.15) is 24.8 Å². The molecule has 2 nitrogen and oxygen atoms in total. The van der Waals surface area contributed by atoms with E-state index in [2.05, 4.69) is 64.6 Å². The Labute approximate surface area is 117 Å². The summed E-state index contributed by atoms with van der Waals surface area (Å²) in [4.78, 5) is 0. The molecule has 0 heterocycles. The summed E-state index contributed by atoms with van der Waals surface area (Å²) in [6.07, 6.45) is 5.30. The van der Waals surface area contributed by atoms with Gasteiger partial charge in [0, 0.05) is 29.6 Å². The number of hydrogen-bond donors (Lipinski definition) is 2. The van der Waals surface area contributed by atoms with Crippen LogP contribution in [0.15, 0.2) is 40.9 Å². The molecule has 1 aliphatic carbocycles. The Morgan fingerprint density at radius 2 is 2.28 bits per heavy atom. The molecule has 0 aliphatic heterocycles. The molecule has 0 bridgehead atoms. The minimum Gasteiger partial charge on any atom is -0.396 e. The van der Waals surface area contributed by atoms with Crippen molar-refractivity contribution in [2.45, 2.75) is 25.3 Å². The zero-order chi connectivity index (χ0) is 13.0. The summed E-state index contributed by atoms with van der Waals surface area (Å²) in [6, 6.07) is 8.88. The van der Waals surface area contributed by atoms with E-state index in [-0.39, 0.29) is 6.61 Å². The van der Waals surface area contributed by atoms with Gasteiger partial charge in [-0.2, -0.15) is 0 Å². The molecule has 2 N–H and O–H groups in total. The second-order valence-electron chi connectivity index (χ2n) is 5.03. The zero-order valence-electron chi connectivity index (χ0n) is 10.6. The van der Waals surface area contributed by atoms with Crippen molar-refractivity contribution in [3.05, 3.63) is 46.5 Å². The standard InChI is InChI=1S/C15H20BrNO/c1-11(13-3-2-4-14(16)8-13)9-17-15-6-5-12(7-15)10-18/h2-6,8,11-12,15,17-18H,7,9-10H2,1H3/t11?,12-,15+/m0/s1. The minimum atomic E-state index is 0.260. The molecule has 0 saturated heterocycles. The van der Waals surface area contributed by atoms with Crippen LogP contribution in [0, 0.1) is 5.92 Å². The van der Waals surface area contributed by atoms with Gasteiger partial charge in [0.15, 0.2) is 0 Å². The van der Waals surface area contributed by atoms with Crippen LogP contribution in [0.2, 0.25) is 0 Å². The predicted octanol–water partition coefficient (Wildman–Crippen LogP) is 3.08. The van der Waals surface area contributed by atoms with Crippen LogP contribution in [0.25, 0.3) is 0 Å². The minimum absolute atomic E-state index is 0.260. The van der Waals surface area contributed by atoms with E-state index in [9.17, 15) is 0 Å². The number of halogens is 1. The lowest BCUT2D eigenvalue weighted by molar-refractivity contribution is 0.246. The number of rotatable bonds is 5. The highest BCUT2D eigenvalue weighted by Crippen LogP contribution is 2.21. The third-order valence-electron chi connectivity index (χ3n) is 3.51. The summed E-state index contributed by atoms with van der Waals surface area (Å²) in [5.74, 6) is 0.827. The molecule has 1 unspecified atom stereocenters. The normalized spacial score (nSPS) is 24.4. The van der Waals surface area contributed by atoms with Crippen LogP contribution >= 0.6 is 15.9 Å². The maximum absolute atomic E-state index is 9.09. The van der Waals surface area contributed by atoms with Gasteiger partial charge in [-0.1, -0.05) is 47.1 Å². The van der Waals surface area contributed by atoms with Gasteiger partial charge < -0.3 is 10.4 Å². The van der Waals surface area contributed by atoms with Gasteiger partial charge >= 0.3 is 0 Å². The smallest absolute Gasteiger partial charge is 0.0494 e. The summed E-state index contributed by atoms with van der Waals surface area (Å²) in [6.45, 7) is 3.45.